The Morgan fingerprint density at radius 3 is 2.50 bits per heavy atom. The molecule has 2 aromatic carbocycles. The van der Waals surface area contributed by atoms with E-state index in [1.54, 1.807) is 55.5 Å². The van der Waals surface area contributed by atoms with E-state index in [-0.39, 0.29) is 23.9 Å². The average molecular weight is 475 g/mol. The molecule has 0 N–H and O–H groups in total. The van der Waals surface area contributed by atoms with Crippen LogP contribution in [-0.4, -0.2) is 72.7 Å². The maximum atomic E-state index is 13.1. The number of amides is 1. The third-order valence-corrected chi connectivity index (χ3v) is 7.72. The number of carbonyl (C=O) groups is 1. The summed E-state index contributed by atoms with van der Waals surface area (Å²) in [6.07, 6.45) is 3.18. The molecule has 1 amide bonds. The molecule has 11 heteroatoms. The number of piperazine rings is 1. The lowest BCUT2D eigenvalue weighted by molar-refractivity contribution is -0.127. The Labute approximate surface area is 190 Å². The maximum absolute atomic E-state index is 13.1. The van der Waals surface area contributed by atoms with Gasteiger partial charge in [-0.15, -0.1) is 0 Å². The molecule has 1 aliphatic rings. The summed E-state index contributed by atoms with van der Waals surface area (Å²) in [6.45, 7) is 1.04. The topological polar surface area (TPSA) is 102 Å². The molecule has 0 radical (unpaired) electrons. The predicted octanol–water partition coefficient (Wildman–Crippen LogP) is 2.25. The Bertz CT molecular complexity index is 1260. The van der Waals surface area contributed by atoms with Gasteiger partial charge in [0.15, 0.2) is 11.5 Å². The van der Waals surface area contributed by atoms with Gasteiger partial charge in [0.05, 0.1) is 25.9 Å². The summed E-state index contributed by atoms with van der Waals surface area (Å²) in [4.78, 5) is 14.4. The zero-order chi connectivity index (χ0) is 22.7. The smallest absolute Gasteiger partial charge is 0.246 e. The Balaban J connectivity index is 1.42. The minimum absolute atomic E-state index is 0.150. The van der Waals surface area contributed by atoms with E-state index in [2.05, 4.69) is 8.75 Å². The van der Waals surface area contributed by atoms with Crippen molar-refractivity contribution in [3.05, 3.63) is 48.0 Å². The zero-order valence-corrected chi connectivity index (χ0v) is 19.2. The Hall–Kier alpha value is -3.02. The summed E-state index contributed by atoms with van der Waals surface area (Å²) >= 11 is 0.984. The van der Waals surface area contributed by atoms with Crippen molar-refractivity contribution in [2.24, 2.45) is 0 Å². The summed E-state index contributed by atoms with van der Waals surface area (Å²) in [6, 6.07) is 10.3. The SMILES string of the molecule is COc1ccc(/C=C/C(=O)N2CCN(S(=O)(=O)c3cccc4nsnc34)CC2)cc1OC. The van der Waals surface area contributed by atoms with Crippen molar-refractivity contribution in [3.8, 4) is 11.5 Å². The highest BCUT2D eigenvalue weighted by Crippen LogP contribution is 2.28. The maximum Gasteiger partial charge on any atom is 0.246 e. The first kappa shape index (κ1) is 22.2. The van der Waals surface area contributed by atoms with Gasteiger partial charge in [-0.05, 0) is 35.9 Å². The van der Waals surface area contributed by atoms with Crippen LogP contribution in [0, 0.1) is 0 Å². The number of methoxy groups -OCH3 is 2. The molecule has 1 aromatic heterocycles. The Morgan fingerprint density at radius 2 is 1.78 bits per heavy atom. The molecule has 1 aliphatic heterocycles. The lowest BCUT2D eigenvalue weighted by Crippen LogP contribution is -2.50. The summed E-state index contributed by atoms with van der Waals surface area (Å²) < 4.78 is 46.4. The highest BCUT2D eigenvalue weighted by Gasteiger charge is 2.31. The molecule has 1 fully saturated rings. The van der Waals surface area contributed by atoms with Crippen molar-refractivity contribution in [2.75, 3.05) is 40.4 Å². The molecule has 0 aliphatic carbocycles. The van der Waals surface area contributed by atoms with Gasteiger partial charge in [-0.25, -0.2) is 8.42 Å². The van der Waals surface area contributed by atoms with E-state index < -0.39 is 10.0 Å². The van der Waals surface area contributed by atoms with E-state index in [1.165, 1.54) is 10.4 Å². The van der Waals surface area contributed by atoms with Crippen molar-refractivity contribution in [2.45, 2.75) is 4.90 Å². The molecule has 32 heavy (non-hydrogen) atoms. The molecule has 0 spiro atoms. The molecule has 168 valence electrons. The van der Waals surface area contributed by atoms with E-state index in [0.717, 1.165) is 17.3 Å². The summed E-state index contributed by atoms with van der Waals surface area (Å²) in [5.41, 5.74) is 1.74. The first-order valence-electron chi connectivity index (χ1n) is 9.84. The minimum atomic E-state index is -3.72. The molecule has 0 saturated carbocycles. The van der Waals surface area contributed by atoms with E-state index in [0.29, 0.717) is 35.6 Å². The van der Waals surface area contributed by atoms with Crippen molar-refractivity contribution in [3.63, 3.8) is 0 Å². The summed E-state index contributed by atoms with van der Waals surface area (Å²) in [5.74, 6) is 1.01. The van der Waals surface area contributed by atoms with Crippen molar-refractivity contribution in [1.82, 2.24) is 18.0 Å². The Morgan fingerprint density at radius 1 is 1.03 bits per heavy atom. The molecule has 9 nitrogen and oxygen atoms in total. The number of hydrogen-bond donors (Lipinski definition) is 0. The van der Waals surface area contributed by atoms with Gasteiger partial charge >= 0.3 is 0 Å². The molecular weight excluding hydrogens is 452 g/mol. The van der Waals surface area contributed by atoms with E-state index in [4.69, 9.17) is 9.47 Å². The van der Waals surface area contributed by atoms with Crippen LogP contribution in [0.25, 0.3) is 17.1 Å². The third kappa shape index (κ3) is 4.31. The number of fused-ring (bicyclic) bond motifs is 1. The second kappa shape index (κ2) is 9.23. The van der Waals surface area contributed by atoms with Gasteiger partial charge in [-0.1, -0.05) is 12.1 Å². The molecule has 0 bridgehead atoms. The van der Waals surface area contributed by atoms with E-state index in [1.807, 2.05) is 6.07 Å². The molecular formula is C21H22N4O5S2. The number of aromatic nitrogens is 2. The van der Waals surface area contributed by atoms with Gasteiger partial charge in [-0.3, -0.25) is 4.79 Å². The van der Waals surface area contributed by atoms with Crippen LogP contribution in [0.5, 0.6) is 11.5 Å². The number of benzene rings is 2. The Kier molecular flexibility index (Phi) is 6.40. The quantitative estimate of drug-likeness (QED) is 0.505. The number of carbonyl (C=O) groups excluding carboxylic acids is 1. The fraction of sp³-hybridized carbons (Fsp3) is 0.286. The highest BCUT2D eigenvalue weighted by molar-refractivity contribution is 7.89. The third-order valence-electron chi connectivity index (χ3n) is 5.24. The van der Waals surface area contributed by atoms with E-state index >= 15 is 0 Å². The number of ether oxygens (including phenoxy) is 2. The van der Waals surface area contributed by atoms with E-state index in [9.17, 15) is 13.2 Å². The number of hydrogen-bond acceptors (Lipinski definition) is 8. The number of nitrogens with zero attached hydrogens (tertiary/aromatic N) is 4. The lowest BCUT2D eigenvalue weighted by Gasteiger charge is -2.33. The van der Waals surface area contributed by atoms with Crippen LogP contribution in [0.3, 0.4) is 0 Å². The second-order valence-corrected chi connectivity index (χ2v) is 9.50. The van der Waals surface area contributed by atoms with Crippen molar-refractivity contribution in [1.29, 1.82) is 0 Å². The molecule has 4 rings (SSSR count). The second-order valence-electron chi connectivity index (χ2n) is 7.07. The first-order chi connectivity index (χ1) is 15.4. The fourth-order valence-electron chi connectivity index (χ4n) is 3.51. The normalized spacial score (nSPS) is 15.4. The molecule has 0 atom stereocenters. The average Bonchev–Trinajstić information content (AvgIpc) is 3.31. The first-order valence-corrected chi connectivity index (χ1v) is 12.0. The molecule has 1 saturated heterocycles. The summed E-state index contributed by atoms with van der Waals surface area (Å²) in [5, 5.41) is 0. The van der Waals surface area contributed by atoms with Crippen LogP contribution < -0.4 is 9.47 Å². The van der Waals surface area contributed by atoms with Crippen molar-refractivity contribution >= 4 is 44.8 Å². The number of rotatable bonds is 6. The standard InChI is InChI=1S/C21H22N4O5S2/c1-29-17-8-6-15(14-18(17)30-2)7-9-20(26)24-10-12-25(13-11-24)32(27,28)19-5-3-4-16-21(19)23-31-22-16/h3-9,14H,10-13H2,1-2H3/b9-7+. The van der Waals surface area contributed by atoms with Crippen LogP contribution >= 0.6 is 11.7 Å². The number of sulfonamides is 1. The van der Waals surface area contributed by atoms with Crippen LogP contribution in [-0.2, 0) is 14.8 Å². The largest absolute Gasteiger partial charge is 0.493 e. The predicted molar refractivity (Wildman–Crippen MR) is 121 cm³/mol. The van der Waals surface area contributed by atoms with Gasteiger partial charge in [-0.2, -0.15) is 13.1 Å². The van der Waals surface area contributed by atoms with Gasteiger partial charge < -0.3 is 14.4 Å². The summed E-state index contributed by atoms with van der Waals surface area (Å²) in [7, 11) is -0.610. The van der Waals surface area contributed by atoms with Crippen molar-refractivity contribution < 1.29 is 22.7 Å². The van der Waals surface area contributed by atoms with Gasteiger partial charge in [0.1, 0.15) is 15.9 Å². The lowest BCUT2D eigenvalue weighted by atomic mass is 10.2. The molecule has 3 aromatic rings. The fourth-order valence-corrected chi connectivity index (χ4v) is 5.68. The minimum Gasteiger partial charge on any atom is -0.493 e. The highest BCUT2D eigenvalue weighted by atomic mass is 32.2. The van der Waals surface area contributed by atoms with Gasteiger partial charge in [0, 0.05) is 32.3 Å². The van der Waals surface area contributed by atoms with Crippen LogP contribution in [0.2, 0.25) is 0 Å². The van der Waals surface area contributed by atoms with Crippen LogP contribution in [0.4, 0.5) is 0 Å². The molecule has 2 heterocycles. The molecule has 0 unspecified atom stereocenters. The van der Waals surface area contributed by atoms with Gasteiger partial charge in [0.2, 0.25) is 15.9 Å². The van der Waals surface area contributed by atoms with Gasteiger partial charge in [0.25, 0.3) is 0 Å². The zero-order valence-electron chi connectivity index (χ0n) is 17.6. The van der Waals surface area contributed by atoms with Crippen LogP contribution in [0.1, 0.15) is 5.56 Å². The van der Waals surface area contributed by atoms with Crippen LogP contribution in [0.15, 0.2) is 47.4 Å². The monoisotopic (exact) mass is 474 g/mol.